The summed E-state index contributed by atoms with van der Waals surface area (Å²) in [6.45, 7) is 3.82. The lowest BCUT2D eigenvalue weighted by molar-refractivity contribution is -0.124. The highest BCUT2D eigenvalue weighted by Gasteiger charge is 2.51. The molecule has 4 rings (SSSR count). The van der Waals surface area contributed by atoms with Gasteiger partial charge in [-0.05, 0) is 37.5 Å². The van der Waals surface area contributed by atoms with E-state index in [2.05, 4.69) is 15.5 Å². The fourth-order valence-corrected chi connectivity index (χ4v) is 5.82. The van der Waals surface area contributed by atoms with E-state index in [4.69, 9.17) is 9.47 Å². The van der Waals surface area contributed by atoms with Crippen LogP contribution in [-0.4, -0.2) is 74.9 Å². The quantitative estimate of drug-likeness (QED) is 0.525. The maximum Gasteiger partial charge on any atom is 0.222 e. The van der Waals surface area contributed by atoms with E-state index in [1.54, 1.807) is 7.11 Å². The third-order valence-electron chi connectivity index (χ3n) is 7.46. The van der Waals surface area contributed by atoms with Gasteiger partial charge in [0.05, 0.1) is 25.7 Å². The summed E-state index contributed by atoms with van der Waals surface area (Å²) in [5.41, 5.74) is 0. The summed E-state index contributed by atoms with van der Waals surface area (Å²) in [5, 5.41) is 6.08. The Hall–Kier alpha value is -1.18. The lowest BCUT2D eigenvalue weighted by Crippen LogP contribution is -2.38. The SMILES string of the molecule is COCCNC(=O)C[C@@H]1OC[C@@H]2[C@H]1[C@H](CC(=O)NC1CC1)CN2CC1CCCCC1. The van der Waals surface area contributed by atoms with Crippen LogP contribution < -0.4 is 10.6 Å². The highest BCUT2D eigenvalue weighted by atomic mass is 16.5. The van der Waals surface area contributed by atoms with Gasteiger partial charge in [0, 0.05) is 51.2 Å². The lowest BCUT2D eigenvalue weighted by Gasteiger charge is -2.30. The Balaban J connectivity index is 1.37. The minimum atomic E-state index is -0.0902. The maximum absolute atomic E-state index is 12.6. The molecular weight excluding hydrogens is 382 g/mol. The number of amides is 2. The molecule has 4 fully saturated rings. The van der Waals surface area contributed by atoms with Crippen molar-refractivity contribution in [2.45, 2.75) is 76.0 Å². The molecule has 7 nitrogen and oxygen atoms in total. The van der Waals surface area contributed by atoms with Crippen molar-refractivity contribution in [1.82, 2.24) is 15.5 Å². The number of nitrogens with zero attached hydrogens (tertiary/aromatic N) is 1. The average molecular weight is 422 g/mol. The normalized spacial score (nSPS) is 32.2. The van der Waals surface area contributed by atoms with Crippen molar-refractivity contribution < 1.29 is 19.1 Å². The molecule has 2 aliphatic heterocycles. The van der Waals surface area contributed by atoms with E-state index in [0.717, 1.165) is 31.8 Å². The minimum Gasteiger partial charge on any atom is -0.383 e. The predicted molar refractivity (Wildman–Crippen MR) is 114 cm³/mol. The van der Waals surface area contributed by atoms with Gasteiger partial charge in [-0.2, -0.15) is 0 Å². The molecule has 4 atom stereocenters. The van der Waals surface area contributed by atoms with Gasteiger partial charge >= 0.3 is 0 Å². The zero-order valence-corrected chi connectivity index (χ0v) is 18.4. The Labute approximate surface area is 180 Å². The van der Waals surface area contributed by atoms with Gasteiger partial charge in [-0.25, -0.2) is 0 Å². The van der Waals surface area contributed by atoms with Gasteiger partial charge in [0.2, 0.25) is 11.8 Å². The van der Waals surface area contributed by atoms with Gasteiger partial charge in [-0.3, -0.25) is 14.5 Å². The van der Waals surface area contributed by atoms with Crippen LogP contribution >= 0.6 is 0 Å². The van der Waals surface area contributed by atoms with Crippen molar-refractivity contribution in [3.8, 4) is 0 Å². The van der Waals surface area contributed by atoms with Crippen molar-refractivity contribution in [3.63, 3.8) is 0 Å². The van der Waals surface area contributed by atoms with E-state index in [1.165, 1.54) is 32.1 Å². The first-order chi connectivity index (χ1) is 14.6. The van der Waals surface area contributed by atoms with E-state index in [-0.39, 0.29) is 29.8 Å². The number of likely N-dealkylation sites (tertiary alicyclic amines) is 1. The van der Waals surface area contributed by atoms with Crippen LogP contribution in [0.2, 0.25) is 0 Å². The molecule has 0 aromatic carbocycles. The summed E-state index contributed by atoms with van der Waals surface area (Å²) in [4.78, 5) is 27.6. The summed E-state index contributed by atoms with van der Waals surface area (Å²) in [6.07, 6.45) is 9.80. The molecule has 30 heavy (non-hydrogen) atoms. The molecule has 0 radical (unpaired) electrons. The number of rotatable bonds is 10. The smallest absolute Gasteiger partial charge is 0.222 e. The lowest BCUT2D eigenvalue weighted by atomic mass is 9.84. The molecule has 2 amide bonds. The van der Waals surface area contributed by atoms with Crippen LogP contribution in [0.1, 0.15) is 57.8 Å². The second-order valence-corrected chi connectivity index (χ2v) is 9.83. The van der Waals surface area contributed by atoms with Gasteiger partial charge in [-0.15, -0.1) is 0 Å². The summed E-state index contributed by atoms with van der Waals surface area (Å²) < 4.78 is 11.2. The van der Waals surface area contributed by atoms with Crippen LogP contribution in [0.3, 0.4) is 0 Å². The van der Waals surface area contributed by atoms with Crippen molar-refractivity contribution >= 4 is 11.8 Å². The van der Waals surface area contributed by atoms with E-state index in [1.807, 2.05) is 0 Å². The number of carbonyl (C=O) groups excluding carboxylic acids is 2. The first kappa shape index (κ1) is 22.0. The molecular formula is C23H39N3O4. The Morgan fingerprint density at radius 2 is 1.87 bits per heavy atom. The Bertz CT molecular complexity index is 591. The summed E-state index contributed by atoms with van der Waals surface area (Å²) in [6, 6.07) is 0.748. The monoisotopic (exact) mass is 421 g/mol. The molecule has 2 aliphatic carbocycles. The van der Waals surface area contributed by atoms with Crippen LogP contribution in [0.5, 0.6) is 0 Å². The number of hydrogen-bond donors (Lipinski definition) is 2. The molecule has 0 unspecified atom stereocenters. The largest absolute Gasteiger partial charge is 0.383 e. The van der Waals surface area contributed by atoms with Gasteiger partial charge in [-0.1, -0.05) is 19.3 Å². The molecule has 170 valence electrons. The van der Waals surface area contributed by atoms with E-state index < -0.39 is 0 Å². The fourth-order valence-electron chi connectivity index (χ4n) is 5.82. The zero-order valence-electron chi connectivity index (χ0n) is 18.4. The van der Waals surface area contributed by atoms with E-state index >= 15 is 0 Å². The third kappa shape index (κ3) is 5.74. The Morgan fingerprint density at radius 1 is 1.07 bits per heavy atom. The molecule has 2 saturated carbocycles. The van der Waals surface area contributed by atoms with Gasteiger partial charge < -0.3 is 20.1 Å². The zero-order chi connectivity index (χ0) is 20.9. The van der Waals surface area contributed by atoms with Crippen LogP contribution in [0, 0.1) is 17.8 Å². The second-order valence-electron chi connectivity index (χ2n) is 9.83. The van der Waals surface area contributed by atoms with Gasteiger partial charge in [0.15, 0.2) is 0 Å². The van der Waals surface area contributed by atoms with Crippen LogP contribution in [0.25, 0.3) is 0 Å². The number of hydrogen-bond acceptors (Lipinski definition) is 5. The highest BCUT2D eigenvalue weighted by molar-refractivity contribution is 5.77. The summed E-state index contributed by atoms with van der Waals surface area (Å²) in [7, 11) is 1.63. The highest BCUT2D eigenvalue weighted by Crippen LogP contribution is 2.42. The third-order valence-corrected chi connectivity index (χ3v) is 7.46. The van der Waals surface area contributed by atoms with Crippen molar-refractivity contribution in [1.29, 1.82) is 0 Å². The average Bonchev–Trinajstić information content (AvgIpc) is 3.34. The second kappa shape index (κ2) is 10.4. The number of nitrogens with one attached hydrogen (secondary N) is 2. The molecule has 0 spiro atoms. The Kier molecular flexibility index (Phi) is 7.65. The summed E-state index contributed by atoms with van der Waals surface area (Å²) in [5.74, 6) is 1.51. The van der Waals surface area contributed by atoms with Crippen molar-refractivity contribution in [2.24, 2.45) is 17.8 Å². The van der Waals surface area contributed by atoms with Crippen molar-refractivity contribution in [2.75, 3.05) is 40.0 Å². The fraction of sp³-hybridized carbons (Fsp3) is 0.913. The molecule has 0 aromatic heterocycles. The summed E-state index contributed by atoms with van der Waals surface area (Å²) >= 11 is 0. The maximum atomic E-state index is 12.6. The van der Waals surface area contributed by atoms with Gasteiger partial charge in [0.1, 0.15) is 0 Å². The van der Waals surface area contributed by atoms with Crippen LogP contribution in [0.15, 0.2) is 0 Å². The Morgan fingerprint density at radius 3 is 2.60 bits per heavy atom. The molecule has 0 bridgehead atoms. The van der Waals surface area contributed by atoms with Crippen LogP contribution in [-0.2, 0) is 19.1 Å². The molecule has 2 saturated heterocycles. The number of ether oxygens (including phenoxy) is 2. The minimum absolute atomic E-state index is 0.0182. The molecule has 4 aliphatic rings. The number of fused-ring (bicyclic) bond motifs is 1. The molecule has 2 heterocycles. The number of methoxy groups -OCH3 is 1. The molecule has 2 N–H and O–H groups in total. The first-order valence-electron chi connectivity index (χ1n) is 12.0. The van der Waals surface area contributed by atoms with E-state index in [9.17, 15) is 9.59 Å². The molecule has 0 aromatic rings. The van der Waals surface area contributed by atoms with Gasteiger partial charge in [0.25, 0.3) is 0 Å². The van der Waals surface area contributed by atoms with Crippen LogP contribution in [0.4, 0.5) is 0 Å². The standard InChI is InChI=1S/C23H39N3O4/c1-29-10-9-24-21(27)12-20-23-17(11-22(28)25-18-7-8-18)14-26(19(23)15-30-20)13-16-5-3-2-4-6-16/h16-20,23H,2-15H2,1H3,(H,24,27)(H,25,28)/t17-,19-,20+,23-/m1/s1. The van der Waals surface area contributed by atoms with E-state index in [0.29, 0.717) is 44.7 Å². The molecule has 7 heteroatoms. The van der Waals surface area contributed by atoms with Crippen molar-refractivity contribution in [3.05, 3.63) is 0 Å². The number of carbonyl (C=O) groups is 2. The predicted octanol–water partition coefficient (Wildman–Crippen LogP) is 1.70. The topological polar surface area (TPSA) is 79.9 Å². The first-order valence-corrected chi connectivity index (χ1v) is 12.0.